The van der Waals surface area contributed by atoms with Crippen molar-refractivity contribution in [3.05, 3.63) is 46.2 Å². The maximum absolute atomic E-state index is 5.76. The third kappa shape index (κ3) is 6.22. The van der Waals surface area contributed by atoms with Crippen LogP contribution in [0, 0.1) is 0 Å². The van der Waals surface area contributed by atoms with Crippen LogP contribution in [0.15, 0.2) is 40.7 Å². The van der Waals surface area contributed by atoms with E-state index in [-0.39, 0.29) is 0 Å². The molecule has 0 saturated carbocycles. The number of fused-ring (bicyclic) bond motifs is 1. The number of methoxy groups -OCH3 is 1. The van der Waals surface area contributed by atoms with E-state index >= 15 is 0 Å². The largest absolute Gasteiger partial charge is 0.493 e. The van der Waals surface area contributed by atoms with Crippen LogP contribution in [0.3, 0.4) is 0 Å². The summed E-state index contributed by atoms with van der Waals surface area (Å²) in [7, 11) is 3.49. The van der Waals surface area contributed by atoms with Crippen molar-refractivity contribution < 1.29 is 9.47 Å². The summed E-state index contributed by atoms with van der Waals surface area (Å²) in [4.78, 5) is 8.37. The Balaban J connectivity index is 1.42. The number of ether oxygens (including phenoxy) is 2. The summed E-state index contributed by atoms with van der Waals surface area (Å²) in [6, 6.07) is 10.2. The summed E-state index contributed by atoms with van der Waals surface area (Å²) in [6.07, 6.45) is 2.04. The first kappa shape index (κ1) is 20.6. The highest BCUT2D eigenvalue weighted by atomic mass is 32.1. The summed E-state index contributed by atoms with van der Waals surface area (Å²) in [5, 5.41) is 8.94. The molecule has 2 heterocycles. The summed E-state index contributed by atoms with van der Waals surface area (Å²) < 4.78 is 10.8. The molecule has 0 saturated heterocycles. The lowest BCUT2D eigenvalue weighted by Crippen LogP contribution is -2.39. The molecule has 152 valence electrons. The summed E-state index contributed by atoms with van der Waals surface area (Å²) in [5.74, 6) is 1.61. The molecule has 1 aliphatic rings. The van der Waals surface area contributed by atoms with Gasteiger partial charge in [0.05, 0.1) is 6.61 Å². The second-order valence-corrected chi connectivity index (χ2v) is 7.74. The minimum Gasteiger partial charge on any atom is -0.493 e. The number of aliphatic imine (C=N–C) groups is 1. The fourth-order valence-corrected chi connectivity index (χ4v) is 4.09. The third-order valence-corrected chi connectivity index (χ3v) is 5.71. The second kappa shape index (κ2) is 11.0. The van der Waals surface area contributed by atoms with Crippen molar-refractivity contribution in [2.45, 2.75) is 19.4 Å². The maximum atomic E-state index is 5.76. The van der Waals surface area contributed by atoms with Crippen molar-refractivity contribution in [3.63, 3.8) is 0 Å². The van der Waals surface area contributed by atoms with Gasteiger partial charge in [0.2, 0.25) is 0 Å². The van der Waals surface area contributed by atoms with Gasteiger partial charge in [-0.3, -0.25) is 9.89 Å². The molecule has 0 radical (unpaired) electrons. The van der Waals surface area contributed by atoms with Crippen LogP contribution in [-0.4, -0.2) is 57.9 Å². The number of rotatable bonds is 9. The standard InChI is InChI=1S/C21H30N4O2S/c1-22-21(23-9-11-25-10-7-20-17(16-25)8-14-28-20)24-18-5-3-6-19(15-18)27-13-4-12-26-2/h3,5-6,8,14-15H,4,7,9-13,16H2,1-2H3,(H2,22,23,24). The fraction of sp³-hybridized carbons (Fsp3) is 0.476. The van der Waals surface area contributed by atoms with Gasteiger partial charge >= 0.3 is 0 Å². The zero-order valence-corrected chi connectivity index (χ0v) is 17.6. The Morgan fingerprint density at radius 2 is 2.21 bits per heavy atom. The molecule has 0 atom stereocenters. The van der Waals surface area contributed by atoms with Crippen LogP contribution in [0.5, 0.6) is 5.75 Å². The van der Waals surface area contributed by atoms with Crippen LogP contribution in [0.25, 0.3) is 0 Å². The smallest absolute Gasteiger partial charge is 0.195 e. The normalized spacial score (nSPS) is 14.6. The SMILES string of the molecule is CN=C(NCCN1CCc2sccc2C1)Nc1cccc(OCCCOC)c1. The first-order valence-corrected chi connectivity index (χ1v) is 10.6. The molecular formula is C21H30N4O2S. The lowest BCUT2D eigenvalue weighted by Gasteiger charge is -2.27. The van der Waals surface area contributed by atoms with E-state index in [1.165, 1.54) is 5.56 Å². The predicted octanol–water partition coefficient (Wildman–Crippen LogP) is 3.21. The van der Waals surface area contributed by atoms with E-state index in [9.17, 15) is 0 Å². The highest BCUT2D eigenvalue weighted by Crippen LogP contribution is 2.23. The van der Waals surface area contributed by atoms with Gasteiger partial charge in [0.15, 0.2) is 5.96 Å². The molecule has 0 fully saturated rings. The second-order valence-electron chi connectivity index (χ2n) is 6.74. The first-order valence-electron chi connectivity index (χ1n) is 9.75. The molecule has 0 spiro atoms. The van der Waals surface area contributed by atoms with Crippen LogP contribution in [0.1, 0.15) is 16.9 Å². The van der Waals surface area contributed by atoms with Gasteiger partial charge < -0.3 is 20.1 Å². The van der Waals surface area contributed by atoms with E-state index in [0.29, 0.717) is 13.2 Å². The summed E-state index contributed by atoms with van der Waals surface area (Å²) in [6.45, 7) is 5.38. The van der Waals surface area contributed by atoms with Crippen LogP contribution >= 0.6 is 11.3 Å². The number of nitrogens with zero attached hydrogens (tertiary/aromatic N) is 2. The Kier molecular flexibility index (Phi) is 8.14. The van der Waals surface area contributed by atoms with E-state index in [1.807, 2.05) is 35.6 Å². The van der Waals surface area contributed by atoms with Crippen molar-refractivity contribution in [1.29, 1.82) is 0 Å². The van der Waals surface area contributed by atoms with Crippen LogP contribution in [0.2, 0.25) is 0 Å². The minimum atomic E-state index is 0.645. The molecule has 2 N–H and O–H groups in total. The molecule has 0 aliphatic carbocycles. The topological polar surface area (TPSA) is 58.1 Å². The maximum Gasteiger partial charge on any atom is 0.195 e. The number of benzene rings is 1. The van der Waals surface area contributed by atoms with Crippen molar-refractivity contribution in [2.75, 3.05) is 52.3 Å². The van der Waals surface area contributed by atoms with Gasteiger partial charge in [0, 0.05) is 70.0 Å². The lowest BCUT2D eigenvalue weighted by atomic mass is 10.1. The van der Waals surface area contributed by atoms with E-state index in [2.05, 4.69) is 32.0 Å². The molecule has 28 heavy (non-hydrogen) atoms. The van der Waals surface area contributed by atoms with Gasteiger partial charge in [-0.15, -0.1) is 11.3 Å². The molecular weight excluding hydrogens is 372 g/mol. The molecule has 0 unspecified atom stereocenters. The Hall–Kier alpha value is -2.09. The van der Waals surface area contributed by atoms with Gasteiger partial charge in [0.1, 0.15) is 5.75 Å². The van der Waals surface area contributed by atoms with Gasteiger partial charge in [-0.05, 0) is 35.6 Å². The van der Waals surface area contributed by atoms with Gasteiger partial charge in [0.25, 0.3) is 0 Å². The Bertz CT molecular complexity index is 762. The van der Waals surface area contributed by atoms with Gasteiger partial charge in [-0.1, -0.05) is 6.07 Å². The molecule has 7 heteroatoms. The fourth-order valence-electron chi connectivity index (χ4n) is 3.20. The average molecular weight is 403 g/mol. The molecule has 1 aromatic carbocycles. The number of nitrogens with one attached hydrogen (secondary N) is 2. The Labute approximate surface area is 171 Å². The molecule has 0 bridgehead atoms. The average Bonchev–Trinajstić information content (AvgIpc) is 3.19. The summed E-state index contributed by atoms with van der Waals surface area (Å²) >= 11 is 1.88. The third-order valence-electron chi connectivity index (χ3n) is 4.69. The van der Waals surface area contributed by atoms with E-state index in [0.717, 1.165) is 56.4 Å². The Morgan fingerprint density at radius 3 is 3.07 bits per heavy atom. The Morgan fingerprint density at radius 1 is 1.29 bits per heavy atom. The van der Waals surface area contributed by atoms with E-state index in [4.69, 9.17) is 9.47 Å². The predicted molar refractivity (Wildman–Crippen MR) is 117 cm³/mol. The minimum absolute atomic E-state index is 0.645. The highest BCUT2D eigenvalue weighted by Gasteiger charge is 2.16. The van der Waals surface area contributed by atoms with Crippen LogP contribution in [-0.2, 0) is 17.7 Å². The first-order chi connectivity index (χ1) is 13.8. The number of anilines is 1. The van der Waals surface area contributed by atoms with Gasteiger partial charge in [-0.25, -0.2) is 0 Å². The molecule has 1 aromatic heterocycles. The van der Waals surface area contributed by atoms with E-state index in [1.54, 1.807) is 19.0 Å². The molecule has 0 amide bonds. The molecule has 2 aromatic rings. The quantitative estimate of drug-likeness (QED) is 0.383. The lowest BCUT2D eigenvalue weighted by molar-refractivity contribution is 0.172. The van der Waals surface area contributed by atoms with Gasteiger partial charge in [-0.2, -0.15) is 0 Å². The van der Waals surface area contributed by atoms with Crippen LogP contribution in [0.4, 0.5) is 5.69 Å². The molecule has 1 aliphatic heterocycles. The number of thiophene rings is 1. The molecule has 3 rings (SSSR count). The molecule has 6 nitrogen and oxygen atoms in total. The van der Waals surface area contributed by atoms with Crippen molar-refractivity contribution >= 4 is 23.0 Å². The van der Waals surface area contributed by atoms with E-state index < -0.39 is 0 Å². The van der Waals surface area contributed by atoms with Crippen molar-refractivity contribution in [3.8, 4) is 5.75 Å². The number of hydrogen-bond donors (Lipinski definition) is 2. The van der Waals surface area contributed by atoms with Crippen LogP contribution < -0.4 is 15.4 Å². The summed E-state index contributed by atoms with van der Waals surface area (Å²) in [5.41, 5.74) is 2.44. The van der Waals surface area contributed by atoms with Crippen molar-refractivity contribution in [1.82, 2.24) is 10.2 Å². The number of guanidine groups is 1. The number of hydrogen-bond acceptors (Lipinski definition) is 5. The highest BCUT2D eigenvalue weighted by molar-refractivity contribution is 7.10. The zero-order chi connectivity index (χ0) is 19.6. The van der Waals surface area contributed by atoms with Crippen molar-refractivity contribution in [2.24, 2.45) is 4.99 Å². The monoisotopic (exact) mass is 402 g/mol. The zero-order valence-electron chi connectivity index (χ0n) is 16.7.